The van der Waals surface area contributed by atoms with Crippen LogP contribution in [0.1, 0.15) is 35.5 Å². The fourth-order valence-electron chi connectivity index (χ4n) is 4.41. The van der Waals surface area contributed by atoms with Crippen molar-refractivity contribution in [2.45, 2.75) is 43.2 Å². The number of nitrogens with one attached hydrogen (secondary N) is 1. The Kier molecular flexibility index (Phi) is 9.08. The lowest BCUT2D eigenvalue weighted by Gasteiger charge is -2.47. The maximum atomic E-state index is 13.8. The van der Waals surface area contributed by atoms with E-state index in [9.17, 15) is 31.9 Å². The first kappa shape index (κ1) is 31.2. The van der Waals surface area contributed by atoms with Gasteiger partial charge in [-0.3, -0.25) is 4.90 Å². The van der Waals surface area contributed by atoms with Gasteiger partial charge in [0.25, 0.3) is 0 Å². The second kappa shape index (κ2) is 12.2. The van der Waals surface area contributed by atoms with Crippen LogP contribution in [0.4, 0.5) is 19.3 Å². The molecule has 0 radical (unpaired) electrons. The molecule has 0 saturated carbocycles. The molecule has 2 aromatic carbocycles. The van der Waals surface area contributed by atoms with Crippen molar-refractivity contribution in [3.8, 4) is 0 Å². The number of halogens is 3. The lowest BCUT2D eigenvalue weighted by Crippen LogP contribution is -2.62. The number of hydrogen-bond donors (Lipinski definition) is 3. The predicted octanol–water partition coefficient (Wildman–Crippen LogP) is 3.68. The number of ether oxygens (including phenoxy) is 3. The van der Waals surface area contributed by atoms with E-state index >= 15 is 0 Å². The van der Waals surface area contributed by atoms with Gasteiger partial charge in [0.1, 0.15) is 22.3 Å². The third-order valence-electron chi connectivity index (χ3n) is 6.49. The van der Waals surface area contributed by atoms with E-state index in [-0.39, 0.29) is 35.0 Å². The minimum Gasteiger partial charge on any atom is -0.467 e. The summed E-state index contributed by atoms with van der Waals surface area (Å²) in [5, 5.41) is 19.0. The molecular formula is C26H26ClF2N3O9S. The number of rotatable bonds is 8. The molecule has 0 spiro atoms. The standard InChI is InChI=1S/C26H26ClF2N3O9S/c1-14-12-41-26(35,16-6-17(28)8-18(29)7-16)15(2)32(14)25(34)40-13-39-24(33)20-9-23(42(30,36)37)21(27)10-22(20)31-11-19-4-3-5-38-19/h3-10,14-15,31,35H,11-13H2,1-2H3,(H2,30,36,37)/t14-,15-,26+/m1/s1. The van der Waals surface area contributed by atoms with Crippen LogP contribution < -0.4 is 10.5 Å². The number of amides is 1. The van der Waals surface area contributed by atoms with Crippen LogP contribution in [-0.4, -0.2) is 56.0 Å². The minimum absolute atomic E-state index is 0.0722. The summed E-state index contributed by atoms with van der Waals surface area (Å²) in [5.41, 5.74) is -0.476. The third kappa shape index (κ3) is 6.65. The number of benzene rings is 2. The normalized spacial score (nSPS) is 20.7. The van der Waals surface area contributed by atoms with Crippen molar-refractivity contribution in [3.63, 3.8) is 0 Å². The zero-order valence-electron chi connectivity index (χ0n) is 22.2. The number of carbonyl (C=O) groups excluding carboxylic acids is 2. The highest BCUT2D eigenvalue weighted by atomic mass is 35.5. The van der Waals surface area contributed by atoms with Gasteiger partial charge in [0.05, 0.1) is 47.8 Å². The van der Waals surface area contributed by atoms with E-state index in [0.717, 1.165) is 23.1 Å². The summed E-state index contributed by atoms with van der Waals surface area (Å²) < 4.78 is 72.5. The smallest absolute Gasteiger partial charge is 0.413 e. The molecule has 0 bridgehead atoms. The number of furan rings is 1. The second-order valence-corrected chi connectivity index (χ2v) is 11.3. The first-order valence-corrected chi connectivity index (χ1v) is 14.2. The molecule has 16 heteroatoms. The van der Waals surface area contributed by atoms with Crippen LogP contribution in [0.15, 0.2) is 58.0 Å². The van der Waals surface area contributed by atoms with Crippen molar-refractivity contribution in [1.29, 1.82) is 0 Å². The van der Waals surface area contributed by atoms with E-state index in [1.165, 1.54) is 19.3 Å². The number of nitrogens with zero attached hydrogens (tertiary/aromatic N) is 1. The lowest BCUT2D eigenvalue weighted by atomic mass is 9.94. The highest BCUT2D eigenvalue weighted by Crippen LogP contribution is 2.36. The Morgan fingerprint density at radius 3 is 2.50 bits per heavy atom. The second-order valence-electron chi connectivity index (χ2n) is 9.36. The van der Waals surface area contributed by atoms with E-state index in [1.807, 2.05) is 0 Å². The number of morpholine rings is 1. The summed E-state index contributed by atoms with van der Waals surface area (Å²) in [4.78, 5) is 26.5. The van der Waals surface area contributed by atoms with Gasteiger partial charge < -0.3 is 29.1 Å². The Balaban J connectivity index is 1.49. The summed E-state index contributed by atoms with van der Waals surface area (Å²) in [6, 6.07) is 5.89. The van der Waals surface area contributed by atoms with Crippen LogP contribution in [0.5, 0.6) is 0 Å². The Morgan fingerprint density at radius 2 is 1.88 bits per heavy atom. The van der Waals surface area contributed by atoms with Crippen LogP contribution in [-0.2, 0) is 36.6 Å². The summed E-state index contributed by atoms with van der Waals surface area (Å²) >= 11 is 6.07. The fourth-order valence-corrected chi connectivity index (χ4v) is 5.51. The van der Waals surface area contributed by atoms with Gasteiger partial charge in [-0.2, -0.15) is 0 Å². The SMILES string of the molecule is C[C@@H]1CO[C@](O)(c2cc(F)cc(F)c2)[C@@H](C)N1C(=O)OCOC(=O)c1cc(S(N)(=O)=O)c(Cl)cc1NCc1ccco1. The largest absolute Gasteiger partial charge is 0.467 e. The van der Waals surface area contributed by atoms with Crippen molar-refractivity contribution in [3.05, 3.63) is 82.3 Å². The highest BCUT2D eigenvalue weighted by molar-refractivity contribution is 7.89. The van der Waals surface area contributed by atoms with Gasteiger partial charge in [0.15, 0.2) is 0 Å². The molecule has 1 aliphatic rings. The number of esters is 1. The van der Waals surface area contributed by atoms with E-state index in [1.54, 1.807) is 19.1 Å². The fraction of sp³-hybridized carbons (Fsp3) is 0.308. The van der Waals surface area contributed by atoms with Gasteiger partial charge in [0.2, 0.25) is 22.6 Å². The number of primary sulfonamides is 1. The Labute approximate surface area is 243 Å². The van der Waals surface area contributed by atoms with Gasteiger partial charge in [-0.15, -0.1) is 0 Å². The van der Waals surface area contributed by atoms with Crippen molar-refractivity contribution in [2.24, 2.45) is 5.14 Å². The highest BCUT2D eigenvalue weighted by Gasteiger charge is 2.49. The zero-order chi connectivity index (χ0) is 30.8. The molecule has 4 rings (SSSR count). The van der Waals surface area contributed by atoms with Crippen molar-refractivity contribution < 1.29 is 50.5 Å². The first-order chi connectivity index (χ1) is 19.7. The molecule has 4 N–H and O–H groups in total. The quantitative estimate of drug-likeness (QED) is 0.247. The van der Waals surface area contributed by atoms with Crippen LogP contribution in [0.2, 0.25) is 5.02 Å². The van der Waals surface area contributed by atoms with Crippen molar-refractivity contribution in [1.82, 2.24) is 4.90 Å². The number of hydrogen-bond acceptors (Lipinski definition) is 10. The summed E-state index contributed by atoms with van der Waals surface area (Å²) in [7, 11) is -4.33. The topological polar surface area (TPSA) is 171 Å². The van der Waals surface area contributed by atoms with Crippen LogP contribution in [0, 0.1) is 11.6 Å². The minimum atomic E-state index is -4.33. The molecule has 3 aromatic rings. The van der Waals surface area contributed by atoms with Gasteiger partial charge in [-0.1, -0.05) is 11.6 Å². The molecule has 1 saturated heterocycles. The number of sulfonamides is 1. The molecule has 0 unspecified atom stereocenters. The maximum absolute atomic E-state index is 13.8. The number of carbonyl (C=O) groups is 2. The Hall–Kier alpha value is -3.76. The van der Waals surface area contributed by atoms with E-state index in [4.69, 9.17) is 35.4 Å². The summed E-state index contributed by atoms with van der Waals surface area (Å²) in [6.45, 7) is 1.91. The van der Waals surface area contributed by atoms with E-state index in [0.29, 0.717) is 11.8 Å². The van der Waals surface area contributed by atoms with Crippen molar-refractivity contribution in [2.75, 3.05) is 18.7 Å². The van der Waals surface area contributed by atoms with Crippen LogP contribution >= 0.6 is 11.6 Å². The molecule has 1 fully saturated rings. The molecule has 1 aliphatic heterocycles. The van der Waals surface area contributed by atoms with Crippen molar-refractivity contribution >= 4 is 39.4 Å². The number of anilines is 1. The predicted molar refractivity (Wildman–Crippen MR) is 143 cm³/mol. The van der Waals surface area contributed by atoms with Gasteiger partial charge in [0, 0.05) is 11.6 Å². The average Bonchev–Trinajstić information content (AvgIpc) is 3.42. The number of nitrogens with two attached hydrogens (primary N) is 1. The molecule has 12 nitrogen and oxygen atoms in total. The molecule has 1 amide bonds. The molecule has 226 valence electrons. The summed E-state index contributed by atoms with van der Waals surface area (Å²) in [6.07, 6.45) is 0.393. The van der Waals surface area contributed by atoms with Gasteiger partial charge in [-0.25, -0.2) is 31.9 Å². The van der Waals surface area contributed by atoms with Crippen LogP contribution in [0.25, 0.3) is 0 Å². The summed E-state index contributed by atoms with van der Waals surface area (Å²) in [5.74, 6) is -4.81. The zero-order valence-corrected chi connectivity index (χ0v) is 23.7. The molecule has 0 aliphatic carbocycles. The molecule has 42 heavy (non-hydrogen) atoms. The first-order valence-electron chi connectivity index (χ1n) is 12.3. The van der Waals surface area contributed by atoms with Crippen LogP contribution in [0.3, 0.4) is 0 Å². The average molecular weight is 630 g/mol. The van der Waals surface area contributed by atoms with Gasteiger partial charge in [-0.05, 0) is 50.2 Å². The Bertz CT molecular complexity index is 1570. The molecule has 3 atom stereocenters. The third-order valence-corrected chi connectivity index (χ3v) is 7.87. The monoisotopic (exact) mass is 629 g/mol. The van der Waals surface area contributed by atoms with E-state index < -0.39 is 63.3 Å². The lowest BCUT2D eigenvalue weighted by molar-refractivity contribution is -0.280. The Morgan fingerprint density at radius 1 is 1.19 bits per heavy atom. The van der Waals surface area contributed by atoms with E-state index in [2.05, 4.69) is 5.32 Å². The van der Waals surface area contributed by atoms with Gasteiger partial charge >= 0.3 is 12.1 Å². The molecular weight excluding hydrogens is 604 g/mol. The maximum Gasteiger partial charge on any atom is 0.413 e. The molecule has 2 heterocycles. The molecule has 1 aromatic heterocycles. The number of aliphatic hydroxyl groups is 1.